The molecule has 0 unspecified atom stereocenters. The first-order chi connectivity index (χ1) is 14.3. The van der Waals surface area contributed by atoms with E-state index in [-0.39, 0.29) is 5.82 Å². The number of hydrogen-bond acceptors (Lipinski definition) is 4. The fourth-order valence-corrected chi connectivity index (χ4v) is 4.26. The van der Waals surface area contributed by atoms with Gasteiger partial charge in [0.1, 0.15) is 22.8 Å². The summed E-state index contributed by atoms with van der Waals surface area (Å²) in [5.41, 5.74) is 4.84. The lowest BCUT2D eigenvalue weighted by molar-refractivity contribution is 0.632. The van der Waals surface area contributed by atoms with Gasteiger partial charge in [0.25, 0.3) is 0 Å². The fraction of sp³-hybridized carbons (Fsp3) is 0. The van der Waals surface area contributed by atoms with E-state index in [9.17, 15) is 4.39 Å². The monoisotopic (exact) mass is 397 g/mol. The van der Waals surface area contributed by atoms with Gasteiger partial charge in [-0.25, -0.2) is 14.4 Å². The predicted octanol–water partition coefficient (Wildman–Crippen LogP) is 6.91. The minimum atomic E-state index is -0.316. The summed E-state index contributed by atoms with van der Waals surface area (Å²) >= 11 is 1.55. The molecule has 1 N–H and O–H groups in total. The summed E-state index contributed by atoms with van der Waals surface area (Å²) in [5.74, 6) is 0.284. The van der Waals surface area contributed by atoms with Crippen LogP contribution >= 0.6 is 11.3 Å². The maximum atomic E-state index is 14.1. The van der Waals surface area contributed by atoms with E-state index in [1.165, 1.54) is 18.0 Å². The van der Waals surface area contributed by atoms with Crippen molar-refractivity contribution in [2.24, 2.45) is 0 Å². The lowest BCUT2D eigenvalue weighted by atomic mass is 10.0. The van der Waals surface area contributed by atoms with Crippen molar-refractivity contribution in [3.63, 3.8) is 0 Å². The normalized spacial score (nSPS) is 10.9. The van der Waals surface area contributed by atoms with Crippen molar-refractivity contribution in [1.82, 2.24) is 9.97 Å². The number of nitrogens with one attached hydrogen (secondary N) is 1. The van der Waals surface area contributed by atoms with Gasteiger partial charge in [0.15, 0.2) is 0 Å². The molecule has 0 aliphatic carbocycles. The summed E-state index contributed by atoms with van der Waals surface area (Å²) in [5, 5.41) is 6.10. The van der Waals surface area contributed by atoms with Crippen LogP contribution in [0.25, 0.3) is 32.5 Å². The first kappa shape index (κ1) is 17.5. The Morgan fingerprint density at radius 3 is 2.21 bits per heavy atom. The van der Waals surface area contributed by atoms with E-state index in [4.69, 9.17) is 0 Å². The highest BCUT2D eigenvalue weighted by Gasteiger charge is 2.14. The van der Waals surface area contributed by atoms with E-state index < -0.39 is 0 Å². The SMILES string of the molecule is Fc1ccccc1Nc1ncnc2scc(-c3ccc(-c4ccccc4)cc3)c12. The van der Waals surface area contributed by atoms with Crippen LogP contribution in [0.1, 0.15) is 0 Å². The third-order valence-electron chi connectivity index (χ3n) is 4.80. The molecule has 3 aromatic carbocycles. The third-order valence-corrected chi connectivity index (χ3v) is 5.69. The molecule has 3 nitrogen and oxygen atoms in total. The van der Waals surface area contributed by atoms with Crippen LogP contribution in [0.15, 0.2) is 90.6 Å². The molecule has 0 fully saturated rings. The summed E-state index contributed by atoms with van der Waals surface area (Å²) < 4.78 is 14.1. The second-order valence-corrected chi connectivity index (χ2v) is 7.46. The van der Waals surface area contributed by atoms with Gasteiger partial charge < -0.3 is 5.32 Å². The zero-order chi connectivity index (χ0) is 19.6. The van der Waals surface area contributed by atoms with Crippen molar-refractivity contribution in [3.05, 3.63) is 96.4 Å². The van der Waals surface area contributed by atoms with Gasteiger partial charge in [-0.2, -0.15) is 0 Å². The van der Waals surface area contributed by atoms with Gasteiger partial charge in [-0.1, -0.05) is 66.7 Å². The summed E-state index contributed by atoms with van der Waals surface area (Å²) in [6.45, 7) is 0. The number of halogens is 1. The van der Waals surface area contributed by atoms with Crippen LogP contribution in [0.4, 0.5) is 15.9 Å². The zero-order valence-corrected chi connectivity index (χ0v) is 16.2. The average Bonchev–Trinajstić information content (AvgIpc) is 3.21. The van der Waals surface area contributed by atoms with E-state index >= 15 is 0 Å². The molecule has 0 radical (unpaired) electrons. The van der Waals surface area contributed by atoms with Crippen LogP contribution in [0, 0.1) is 5.82 Å². The quantitative estimate of drug-likeness (QED) is 0.358. The lowest BCUT2D eigenvalue weighted by Crippen LogP contribution is -1.97. The fourth-order valence-electron chi connectivity index (χ4n) is 3.35. The average molecular weight is 397 g/mol. The number of nitrogens with zero attached hydrogens (tertiary/aromatic N) is 2. The number of para-hydroxylation sites is 1. The first-order valence-corrected chi connectivity index (χ1v) is 10.1. The summed E-state index contributed by atoms with van der Waals surface area (Å²) in [4.78, 5) is 9.64. The molecule has 0 spiro atoms. The lowest BCUT2D eigenvalue weighted by Gasteiger charge is -2.09. The second kappa shape index (κ2) is 7.45. The zero-order valence-electron chi connectivity index (χ0n) is 15.3. The van der Waals surface area contributed by atoms with E-state index in [0.717, 1.165) is 26.9 Å². The number of anilines is 2. The van der Waals surface area contributed by atoms with Crippen molar-refractivity contribution in [2.45, 2.75) is 0 Å². The van der Waals surface area contributed by atoms with Gasteiger partial charge in [0.05, 0.1) is 11.1 Å². The number of hydrogen-bond donors (Lipinski definition) is 1. The standard InChI is InChI=1S/C24H16FN3S/c25-20-8-4-5-9-21(20)28-23-22-19(14-29-24(22)27-15-26-23)18-12-10-17(11-13-18)16-6-2-1-3-7-16/h1-15H,(H,26,27,28). The maximum Gasteiger partial charge on any atom is 0.146 e. The molecular weight excluding hydrogens is 381 g/mol. The number of fused-ring (bicyclic) bond motifs is 1. The van der Waals surface area contributed by atoms with Crippen molar-refractivity contribution in [2.75, 3.05) is 5.32 Å². The minimum absolute atomic E-state index is 0.316. The Morgan fingerprint density at radius 1 is 0.724 bits per heavy atom. The van der Waals surface area contributed by atoms with E-state index in [1.807, 2.05) is 18.2 Å². The molecule has 0 aliphatic rings. The van der Waals surface area contributed by atoms with Gasteiger partial charge in [-0.05, 0) is 28.8 Å². The van der Waals surface area contributed by atoms with Crippen molar-refractivity contribution in [1.29, 1.82) is 0 Å². The largest absolute Gasteiger partial charge is 0.337 e. The Kier molecular flexibility index (Phi) is 4.50. The smallest absolute Gasteiger partial charge is 0.146 e. The molecule has 5 aromatic rings. The molecule has 0 bridgehead atoms. The maximum absolute atomic E-state index is 14.1. The van der Waals surface area contributed by atoms with E-state index in [1.54, 1.807) is 29.5 Å². The van der Waals surface area contributed by atoms with Crippen molar-refractivity contribution < 1.29 is 4.39 Å². The van der Waals surface area contributed by atoms with Crippen LogP contribution in [0.2, 0.25) is 0 Å². The van der Waals surface area contributed by atoms with Crippen molar-refractivity contribution in [3.8, 4) is 22.3 Å². The van der Waals surface area contributed by atoms with Gasteiger partial charge >= 0.3 is 0 Å². The molecule has 0 aliphatic heterocycles. The van der Waals surface area contributed by atoms with Crippen LogP contribution in [0.3, 0.4) is 0 Å². The summed E-state index contributed by atoms with van der Waals surface area (Å²) in [7, 11) is 0. The molecule has 5 rings (SSSR count). The Bertz CT molecular complexity index is 1280. The predicted molar refractivity (Wildman–Crippen MR) is 118 cm³/mol. The molecule has 5 heteroatoms. The molecule has 140 valence electrons. The molecule has 0 amide bonds. The molecule has 0 saturated carbocycles. The van der Waals surface area contributed by atoms with Gasteiger partial charge in [0.2, 0.25) is 0 Å². The third kappa shape index (κ3) is 3.37. The number of thiophene rings is 1. The first-order valence-electron chi connectivity index (χ1n) is 9.19. The Morgan fingerprint density at radius 2 is 1.41 bits per heavy atom. The second-order valence-electron chi connectivity index (χ2n) is 6.60. The van der Waals surface area contributed by atoms with E-state index in [2.05, 4.69) is 57.1 Å². The van der Waals surface area contributed by atoms with Crippen molar-refractivity contribution >= 4 is 33.1 Å². The van der Waals surface area contributed by atoms with E-state index in [0.29, 0.717) is 11.5 Å². The summed E-state index contributed by atoms with van der Waals surface area (Å²) in [6.07, 6.45) is 1.50. The summed E-state index contributed by atoms with van der Waals surface area (Å²) in [6, 6.07) is 25.3. The molecule has 0 atom stereocenters. The Labute approximate surface area is 171 Å². The number of aromatic nitrogens is 2. The highest BCUT2D eigenvalue weighted by atomic mass is 32.1. The molecule has 29 heavy (non-hydrogen) atoms. The van der Waals surface area contributed by atoms with Crippen LogP contribution in [-0.4, -0.2) is 9.97 Å². The van der Waals surface area contributed by atoms with Gasteiger partial charge in [0, 0.05) is 10.9 Å². The Hall–Kier alpha value is -3.57. The highest BCUT2D eigenvalue weighted by Crippen LogP contribution is 2.38. The number of rotatable bonds is 4. The number of benzene rings is 3. The van der Waals surface area contributed by atoms with Gasteiger partial charge in [-0.3, -0.25) is 0 Å². The molecular formula is C24H16FN3S. The minimum Gasteiger partial charge on any atom is -0.337 e. The molecule has 2 aromatic heterocycles. The molecule has 2 heterocycles. The highest BCUT2D eigenvalue weighted by molar-refractivity contribution is 7.17. The van der Waals surface area contributed by atoms with Crippen LogP contribution in [0.5, 0.6) is 0 Å². The van der Waals surface area contributed by atoms with Crippen LogP contribution < -0.4 is 5.32 Å². The van der Waals surface area contributed by atoms with Crippen LogP contribution in [-0.2, 0) is 0 Å². The van der Waals surface area contributed by atoms with Gasteiger partial charge in [-0.15, -0.1) is 11.3 Å². The Balaban J connectivity index is 1.57. The molecule has 0 saturated heterocycles. The topological polar surface area (TPSA) is 37.8 Å².